The number of nitro groups is 1. The summed E-state index contributed by atoms with van der Waals surface area (Å²) in [7, 11) is 2.10. The van der Waals surface area contributed by atoms with Crippen molar-refractivity contribution in [2.24, 2.45) is 5.92 Å². The number of phenols is 1. The van der Waals surface area contributed by atoms with Crippen molar-refractivity contribution < 1.29 is 14.8 Å². The highest BCUT2D eigenvalue weighted by molar-refractivity contribution is 5.97. The summed E-state index contributed by atoms with van der Waals surface area (Å²) in [5, 5.41) is 20.8. The second-order valence-corrected chi connectivity index (χ2v) is 6.48. The van der Waals surface area contributed by atoms with Crippen LogP contribution < -0.4 is 0 Å². The fourth-order valence-electron chi connectivity index (χ4n) is 3.81. The molecule has 0 radical (unpaired) electrons. The van der Waals surface area contributed by atoms with E-state index in [2.05, 4.69) is 11.9 Å². The van der Waals surface area contributed by atoms with Gasteiger partial charge < -0.3 is 14.9 Å². The lowest BCUT2D eigenvalue weighted by Gasteiger charge is -2.46. The molecule has 124 valence electrons. The summed E-state index contributed by atoms with van der Waals surface area (Å²) < 4.78 is 0. The van der Waals surface area contributed by atoms with Gasteiger partial charge in [0.25, 0.3) is 11.6 Å². The van der Waals surface area contributed by atoms with Gasteiger partial charge in [0.2, 0.25) is 0 Å². The second kappa shape index (κ2) is 6.16. The smallest absolute Gasteiger partial charge is 0.273 e. The standard InChI is InChI=1S/C16H21N3O4/c1-17-8-6-14-11(10-17)3-2-7-18(14)16(21)13-5-4-12(19(22)23)9-15(13)20/h4-5,9,11,14,20H,2-3,6-8,10H2,1H3/t11-,14-/m1/s1. The number of piperidine rings is 2. The number of amides is 1. The zero-order valence-corrected chi connectivity index (χ0v) is 13.1. The molecule has 2 aliphatic heterocycles. The summed E-state index contributed by atoms with van der Waals surface area (Å²) in [6.45, 7) is 2.62. The average Bonchev–Trinajstić information content (AvgIpc) is 2.53. The fraction of sp³-hybridized carbons (Fsp3) is 0.562. The monoisotopic (exact) mass is 319 g/mol. The van der Waals surface area contributed by atoms with E-state index in [1.165, 1.54) is 12.1 Å². The van der Waals surface area contributed by atoms with Crippen LogP contribution in [0.5, 0.6) is 5.75 Å². The number of aromatic hydroxyl groups is 1. The maximum Gasteiger partial charge on any atom is 0.273 e. The molecule has 0 aromatic heterocycles. The van der Waals surface area contributed by atoms with Gasteiger partial charge in [0.15, 0.2) is 0 Å². The summed E-state index contributed by atoms with van der Waals surface area (Å²) in [6.07, 6.45) is 3.00. The van der Waals surface area contributed by atoms with Crippen LogP contribution in [0.3, 0.4) is 0 Å². The van der Waals surface area contributed by atoms with Crippen LogP contribution in [0.2, 0.25) is 0 Å². The molecule has 2 fully saturated rings. The van der Waals surface area contributed by atoms with Crippen molar-refractivity contribution in [2.45, 2.75) is 25.3 Å². The van der Waals surface area contributed by atoms with E-state index in [9.17, 15) is 20.0 Å². The number of likely N-dealkylation sites (tertiary alicyclic amines) is 2. The van der Waals surface area contributed by atoms with Crippen molar-refractivity contribution in [1.29, 1.82) is 0 Å². The normalized spacial score (nSPS) is 25.0. The highest BCUT2D eigenvalue weighted by Gasteiger charge is 2.38. The molecule has 2 heterocycles. The van der Waals surface area contributed by atoms with E-state index in [4.69, 9.17) is 0 Å². The molecule has 1 amide bonds. The third-order valence-electron chi connectivity index (χ3n) is 4.95. The third-order valence-corrected chi connectivity index (χ3v) is 4.95. The van der Waals surface area contributed by atoms with Crippen molar-refractivity contribution in [2.75, 3.05) is 26.7 Å². The SMILES string of the molecule is CN1CC[C@@H]2[C@H](CCCN2C(=O)c2ccc([N+](=O)[O-])cc2O)C1. The topological polar surface area (TPSA) is 86.9 Å². The Morgan fingerprint density at radius 2 is 2.13 bits per heavy atom. The molecule has 0 unspecified atom stereocenters. The Labute approximate surface area is 134 Å². The maximum absolute atomic E-state index is 12.8. The molecular formula is C16H21N3O4. The van der Waals surface area contributed by atoms with Gasteiger partial charge in [0.05, 0.1) is 16.6 Å². The molecule has 23 heavy (non-hydrogen) atoms. The maximum atomic E-state index is 12.8. The first kappa shape index (κ1) is 15.7. The molecule has 2 atom stereocenters. The number of fused-ring (bicyclic) bond motifs is 1. The molecular weight excluding hydrogens is 298 g/mol. The lowest BCUT2D eigenvalue weighted by Crippen LogP contribution is -2.55. The number of phenolic OH excluding ortho intramolecular Hbond substituents is 1. The van der Waals surface area contributed by atoms with E-state index in [1.54, 1.807) is 0 Å². The highest BCUT2D eigenvalue weighted by atomic mass is 16.6. The third kappa shape index (κ3) is 3.01. The van der Waals surface area contributed by atoms with Crippen LogP contribution in [0.15, 0.2) is 18.2 Å². The molecule has 0 bridgehead atoms. The second-order valence-electron chi connectivity index (χ2n) is 6.48. The molecule has 1 aromatic carbocycles. The van der Waals surface area contributed by atoms with Crippen molar-refractivity contribution in [3.63, 3.8) is 0 Å². The predicted octanol–water partition coefficient (Wildman–Crippen LogP) is 1.86. The van der Waals surface area contributed by atoms with E-state index in [0.717, 1.165) is 38.4 Å². The molecule has 0 saturated carbocycles. The minimum absolute atomic E-state index is 0.148. The molecule has 7 nitrogen and oxygen atoms in total. The van der Waals surface area contributed by atoms with Crippen LogP contribution in [-0.4, -0.2) is 58.5 Å². The lowest BCUT2D eigenvalue weighted by atomic mass is 9.83. The van der Waals surface area contributed by atoms with Gasteiger partial charge in [0, 0.05) is 25.2 Å². The summed E-state index contributed by atoms with van der Waals surface area (Å²) in [5.41, 5.74) is -0.0648. The highest BCUT2D eigenvalue weighted by Crippen LogP contribution is 2.33. The zero-order chi connectivity index (χ0) is 16.6. The molecule has 1 aromatic rings. The first-order chi connectivity index (χ1) is 11.0. The number of nitrogens with zero attached hydrogens (tertiary/aromatic N) is 3. The molecule has 2 saturated heterocycles. The van der Waals surface area contributed by atoms with Crippen LogP contribution in [0.25, 0.3) is 0 Å². The van der Waals surface area contributed by atoms with Crippen molar-refractivity contribution in [1.82, 2.24) is 9.80 Å². The quantitative estimate of drug-likeness (QED) is 0.664. The fourth-order valence-corrected chi connectivity index (χ4v) is 3.81. The van der Waals surface area contributed by atoms with Gasteiger partial charge in [-0.3, -0.25) is 14.9 Å². The Bertz CT molecular complexity index is 634. The Hall–Kier alpha value is -2.15. The van der Waals surface area contributed by atoms with Gasteiger partial charge in [0.1, 0.15) is 5.75 Å². The van der Waals surface area contributed by atoms with E-state index in [-0.39, 0.29) is 28.9 Å². The van der Waals surface area contributed by atoms with Crippen LogP contribution in [0.1, 0.15) is 29.6 Å². The molecule has 7 heteroatoms. The minimum Gasteiger partial charge on any atom is -0.507 e. The zero-order valence-electron chi connectivity index (χ0n) is 13.1. The number of rotatable bonds is 2. The number of benzene rings is 1. The molecule has 1 N–H and O–H groups in total. The van der Waals surface area contributed by atoms with Gasteiger partial charge in [-0.1, -0.05) is 0 Å². The van der Waals surface area contributed by atoms with Crippen LogP contribution in [0, 0.1) is 16.0 Å². The number of carbonyl (C=O) groups is 1. The van der Waals surface area contributed by atoms with Gasteiger partial charge in [-0.05, 0) is 44.8 Å². The minimum atomic E-state index is -0.581. The van der Waals surface area contributed by atoms with E-state index in [1.807, 2.05) is 4.90 Å². The number of nitro benzene ring substituents is 1. The summed E-state index contributed by atoms with van der Waals surface area (Å²) >= 11 is 0. The van der Waals surface area contributed by atoms with Crippen LogP contribution in [-0.2, 0) is 0 Å². The van der Waals surface area contributed by atoms with Crippen molar-refractivity contribution in [3.05, 3.63) is 33.9 Å². The van der Waals surface area contributed by atoms with E-state index >= 15 is 0 Å². The largest absolute Gasteiger partial charge is 0.507 e. The summed E-state index contributed by atoms with van der Waals surface area (Å²) in [5.74, 6) is -0.0810. The number of hydrogen-bond donors (Lipinski definition) is 1. The molecule has 0 spiro atoms. The number of non-ortho nitro benzene ring substituents is 1. The predicted molar refractivity (Wildman–Crippen MR) is 84.4 cm³/mol. The van der Waals surface area contributed by atoms with Crippen molar-refractivity contribution >= 4 is 11.6 Å². The van der Waals surface area contributed by atoms with Crippen LogP contribution in [0.4, 0.5) is 5.69 Å². The lowest BCUT2D eigenvalue weighted by molar-refractivity contribution is -0.384. The summed E-state index contributed by atoms with van der Waals surface area (Å²) in [4.78, 5) is 27.1. The van der Waals surface area contributed by atoms with E-state index < -0.39 is 4.92 Å². The first-order valence-electron chi connectivity index (χ1n) is 7.94. The first-order valence-corrected chi connectivity index (χ1v) is 7.94. The Balaban J connectivity index is 1.83. The molecule has 2 aliphatic rings. The Morgan fingerprint density at radius 1 is 1.35 bits per heavy atom. The van der Waals surface area contributed by atoms with Crippen molar-refractivity contribution in [3.8, 4) is 5.75 Å². The van der Waals surface area contributed by atoms with Gasteiger partial charge in [-0.25, -0.2) is 0 Å². The Kier molecular flexibility index (Phi) is 4.21. The summed E-state index contributed by atoms with van der Waals surface area (Å²) in [6, 6.07) is 3.86. The number of hydrogen-bond acceptors (Lipinski definition) is 5. The molecule has 0 aliphatic carbocycles. The van der Waals surface area contributed by atoms with E-state index in [0.29, 0.717) is 12.5 Å². The number of carbonyl (C=O) groups excluding carboxylic acids is 1. The average molecular weight is 319 g/mol. The Morgan fingerprint density at radius 3 is 2.83 bits per heavy atom. The molecule has 3 rings (SSSR count). The van der Waals surface area contributed by atoms with Gasteiger partial charge in [-0.15, -0.1) is 0 Å². The van der Waals surface area contributed by atoms with Gasteiger partial charge in [-0.2, -0.15) is 0 Å². The van der Waals surface area contributed by atoms with Crippen LogP contribution >= 0.6 is 0 Å². The van der Waals surface area contributed by atoms with Gasteiger partial charge >= 0.3 is 0 Å².